The lowest BCUT2D eigenvalue weighted by atomic mass is 10.5. The van der Waals surface area contributed by atoms with Gasteiger partial charge in [-0.25, -0.2) is 4.98 Å². The average molecular weight is 272 g/mol. The van der Waals surface area contributed by atoms with Crippen LogP contribution in [0.3, 0.4) is 0 Å². The Bertz CT molecular complexity index is 496. The molecule has 4 nitrogen and oxygen atoms in total. The first-order valence-corrected chi connectivity index (χ1v) is 5.46. The van der Waals surface area contributed by atoms with Crippen LogP contribution < -0.4 is 5.32 Å². The van der Waals surface area contributed by atoms with Crippen molar-refractivity contribution in [3.63, 3.8) is 0 Å². The highest BCUT2D eigenvalue weighted by Gasteiger charge is 2.05. The van der Waals surface area contributed by atoms with Gasteiger partial charge >= 0.3 is 0 Å². The fourth-order valence-corrected chi connectivity index (χ4v) is 2.39. The number of hydrogen-bond donors (Lipinski definition) is 1. The van der Waals surface area contributed by atoms with E-state index < -0.39 is 0 Å². The van der Waals surface area contributed by atoms with Crippen LogP contribution in [0.4, 0.5) is 5.13 Å². The van der Waals surface area contributed by atoms with Crippen LogP contribution >= 0.6 is 27.3 Å². The Hall–Kier alpha value is -1.01. The van der Waals surface area contributed by atoms with E-state index in [0.29, 0.717) is 10.8 Å². The Morgan fingerprint density at radius 2 is 2.43 bits per heavy atom. The van der Waals surface area contributed by atoms with Crippen LogP contribution in [0.1, 0.15) is 6.92 Å². The third-order valence-electron chi connectivity index (χ3n) is 1.50. The molecule has 0 aliphatic rings. The van der Waals surface area contributed by atoms with E-state index in [9.17, 15) is 4.79 Å². The van der Waals surface area contributed by atoms with E-state index in [2.05, 4.69) is 31.2 Å². The molecule has 2 aromatic rings. The molecule has 0 fully saturated rings. The van der Waals surface area contributed by atoms with Crippen LogP contribution in [-0.4, -0.2) is 15.9 Å². The van der Waals surface area contributed by atoms with Crippen LogP contribution in [0, 0.1) is 0 Å². The molecule has 0 radical (unpaired) electrons. The average Bonchev–Trinajstić information content (AvgIpc) is 2.44. The van der Waals surface area contributed by atoms with Crippen LogP contribution in [0.25, 0.3) is 10.3 Å². The van der Waals surface area contributed by atoms with Gasteiger partial charge < -0.3 is 5.32 Å². The number of rotatable bonds is 1. The molecule has 0 aromatic carbocycles. The number of carbonyl (C=O) groups is 1. The van der Waals surface area contributed by atoms with Gasteiger partial charge in [-0.15, -0.1) is 0 Å². The lowest BCUT2D eigenvalue weighted by Gasteiger charge is -1.90. The minimum Gasteiger partial charge on any atom is -0.302 e. The fraction of sp³-hybridized carbons (Fsp3) is 0.125. The summed E-state index contributed by atoms with van der Waals surface area (Å²) in [7, 11) is 0. The first-order chi connectivity index (χ1) is 6.65. The summed E-state index contributed by atoms with van der Waals surface area (Å²) in [4.78, 5) is 19.0. The topological polar surface area (TPSA) is 54.9 Å². The number of aromatic nitrogens is 2. The van der Waals surface area contributed by atoms with E-state index >= 15 is 0 Å². The second-order valence-corrected chi connectivity index (χ2v) is 4.62. The molecular weight excluding hydrogens is 266 g/mol. The molecule has 72 valence electrons. The molecule has 0 aliphatic carbocycles. The van der Waals surface area contributed by atoms with Crippen LogP contribution in [0.2, 0.25) is 0 Å². The molecule has 2 aromatic heterocycles. The van der Waals surface area contributed by atoms with E-state index in [0.717, 1.165) is 9.17 Å². The van der Waals surface area contributed by atoms with Gasteiger partial charge in [0.1, 0.15) is 0 Å². The molecule has 0 unspecified atom stereocenters. The number of anilines is 1. The zero-order chi connectivity index (χ0) is 10.1. The molecule has 0 atom stereocenters. The molecule has 1 amide bonds. The van der Waals surface area contributed by atoms with Crippen molar-refractivity contribution in [3.05, 3.63) is 16.7 Å². The molecular formula is C8H6BrN3OS. The monoisotopic (exact) mass is 271 g/mol. The maximum Gasteiger partial charge on any atom is 0.223 e. The molecule has 0 aliphatic heterocycles. The Kier molecular flexibility index (Phi) is 2.47. The van der Waals surface area contributed by atoms with Crippen molar-refractivity contribution in [2.45, 2.75) is 6.92 Å². The number of nitrogens with one attached hydrogen (secondary N) is 1. The predicted octanol–water partition coefficient (Wildman–Crippen LogP) is 2.41. The van der Waals surface area contributed by atoms with Crippen LogP contribution in [0.5, 0.6) is 0 Å². The summed E-state index contributed by atoms with van der Waals surface area (Å²) < 4.78 is 1.85. The molecule has 0 spiro atoms. The second-order valence-electron chi connectivity index (χ2n) is 2.68. The maximum absolute atomic E-state index is 10.8. The highest BCUT2D eigenvalue weighted by Crippen LogP contribution is 2.26. The van der Waals surface area contributed by atoms with Gasteiger partial charge in [0.15, 0.2) is 10.8 Å². The van der Waals surface area contributed by atoms with Crippen LogP contribution in [-0.2, 0) is 4.79 Å². The summed E-state index contributed by atoms with van der Waals surface area (Å²) in [5.74, 6) is -0.122. The SMILES string of the molecule is CC(=O)Nc1nc2ncc(Br)cc2s1. The Morgan fingerprint density at radius 1 is 1.64 bits per heavy atom. The maximum atomic E-state index is 10.8. The minimum atomic E-state index is -0.122. The van der Waals surface area contributed by atoms with Gasteiger partial charge in [-0.1, -0.05) is 11.3 Å². The number of carbonyl (C=O) groups excluding carboxylic acids is 1. The summed E-state index contributed by atoms with van der Waals surface area (Å²) in [5, 5.41) is 3.21. The standard InChI is InChI=1S/C8H6BrN3OS/c1-4(13)11-8-12-7-6(14-8)2-5(9)3-10-7/h2-3H,1H3,(H,10,11,12,13). The van der Waals surface area contributed by atoms with E-state index in [4.69, 9.17) is 0 Å². The third kappa shape index (κ3) is 1.91. The van der Waals surface area contributed by atoms with Crippen molar-refractivity contribution < 1.29 is 4.79 Å². The molecule has 6 heteroatoms. The number of fused-ring (bicyclic) bond motifs is 1. The predicted molar refractivity (Wildman–Crippen MR) is 59.4 cm³/mol. The molecule has 14 heavy (non-hydrogen) atoms. The minimum absolute atomic E-state index is 0.122. The molecule has 0 bridgehead atoms. The lowest BCUT2D eigenvalue weighted by Crippen LogP contribution is -2.04. The zero-order valence-corrected chi connectivity index (χ0v) is 9.65. The van der Waals surface area contributed by atoms with Gasteiger partial charge in [-0.2, -0.15) is 4.98 Å². The smallest absolute Gasteiger partial charge is 0.223 e. The van der Waals surface area contributed by atoms with Crippen molar-refractivity contribution in [2.24, 2.45) is 0 Å². The summed E-state index contributed by atoms with van der Waals surface area (Å²) in [5.41, 5.74) is 0.655. The normalized spacial score (nSPS) is 10.4. The summed E-state index contributed by atoms with van der Waals surface area (Å²) in [6, 6.07) is 1.92. The lowest BCUT2D eigenvalue weighted by molar-refractivity contribution is -0.114. The first-order valence-electron chi connectivity index (χ1n) is 3.85. The molecule has 2 heterocycles. The highest BCUT2D eigenvalue weighted by atomic mass is 79.9. The van der Waals surface area contributed by atoms with E-state index in [1.807, 2.05) is 6.07 Å². The number of amides is 1. The number of nitrogens with zero attached hydrogens (tertiary/aromatic N) is 2. The molecule has 2 rings (SSSR count). The summed E-state index contributed by atoms with van der Waals surface area (Å²) >= 11 is 4.73. The Morgan fingerprint density at radius 3 is 3.14 bits per heavy atom. The van der Waals surface area contributed by atoms with E-state index in [-0.39, 0.29) is 5.91 Å². The number of halogens is 1. The third-order valence-corrected chi connectivity index (χ3v) is 2.84. The van der Waals surface area contributed by atoms with E-state index in [1.54, 1.807) is 6.20 Å². The van der Waals surface area contributed by atoms with Gasteiger partial charge in [0, 0.05) is 17.6 Å². The number of hydrogen-bond acceptors (Lipinski definition) is 4. The summed E-state index contributed by atoms with van der Waals surface area (Å²) in [6.45, 7) is 1.45. The Labute approximate surface area is 92.5 Å². The molecule has 0 saturated carbocycles. The van der Waals surface area contributed by atoms with E-state index in [1.165, 1.54) is 18.3 Å². The van der Waals surface area contributed by atoms with Crippen LogP contribution in [0.15, 0.2) is 16.7 Å². The zero-order valence-electron chi connectivity index (χ0n) is 7.24. The second kappa shape index (κ2) is 3.62. The van der Waals surface area contributed by atoms with Gasteiger partial charge in [0.05, 0.1) is 4.70 Å². The Balaban J connectivity index is 2.46. The quantitative estimate of drug-likeness (QED) is 0.867. The largest absolute Gasteiger partial charge is 0.302 e. The first kappa shape index (κ1) is 9.54. The number of thiazole rings is 1. The summed E-state index contributed by atoms with van der Waals surface area (Å²) in [6.07, 6.45) is 1.68. The van der Waals surface area contributed by atoms with Crippen molar-refractivity contribution in [2.75, 3.05) is 5.32 Å². The van der Waals surface area contributed by atoms with Gasteiger partial charge in [0.25, 0.3) is 0 Å². The van der Waals surface area contributed by atoms with Crippen molar-refractivity contribution >= 4 is 48.7 Å². The number of pyridine rings is 1. The van der Waals surface area contributed by atoms with Gasteiger partial charge in [-0.05, 0) is 22.0 Å². The highest BCUT2D eigenvalue weighted by molar-refractivity contribution is 9.10. The van der Waals surface area contributed by atoms with Crippen molar-refractivity contribution in [3.8, 4) is 0 Å². The van der Waals surface area contributed by atoms with Gasteiger partial charge in [-0.3, -0.25) is 4.79 Å². The van der Waals surface area contributed by atoms with Gasteiger partial charge in [0.2, 0.25) is 5.91 Å². The fourth-order valence-electron chi connectivity index (χ4n) is 1.000. The molecule has 0 saturated heterocycles. The molecule has 1 N–H and O–H groups in total. The van der Waals surface area contributed by atoms with Crippen molar-refractivity contribution in [1.82, 2.24) is 9.97 Å². The van der Waals surface area contributed by atoms with Crippen molar-refractivity contribution in [1.29, 1.82) is 0 Å².